The highest BCUT2D eigenvalue weighted by molar-refractivity contribution is 7.07. The van der Waals surface area contributed by atoms with E-state index in [0.717, 1.165) is 11.3 Å². The second-order valence-electron chi connectivity index (χ2n) is 4.55. The predicted molar refractivity (Wildman–Crippen MR) is 91.7 cm³/mol. The Kier molecular flexibility index (Phi) is 4.52. The molecular weight excluding hydrogens is 357 g/mol. The number of hydrogen-bond donors (Lipinski definition) is 1. The molecule has 4 nitrogen and oxygen atoms in total. The van der Waals surface area contributed by atoms with Crippen molar-refractivity contribution >= 4 is 52.5 Å². The number of benzene rings is 1. The number of Topliss-reactive ketones (excluding diaryl/α,β-unsaturated/α-hetero) is 1. The number of halogens is 2. The highest BCUT2D eigenvalue weighted by Gasteiger charge is 2.07. The average Bonchev–Trinajstić information content (AvgIpc) is 3.13. The fraction of sp³-hybridized carbons (Fsp3) is 0. The third-order valence-corrected chi connectivity index (χ3v) is 4.60. The van der Waals surface area contributed by atoms with Gasteiger partial charge in [0.15, 0.2) is 5.76 Å². The Morgan fingerprint density at radius 3 is 2.57 bits per heavy atom. The molecule has 2 heterocycles. The zero-order valence-electron chi connectivity index (χ0n) is 11.5. The van der Waals surface area contributed by atoms with Crippen molar-refractivity contribution in [3.63, 3.8) is 0 Å². The van der Waals surface area contributed by atoms with Gasteiger partial charge in [0.25, 0.3) is 5.56 Å². The van der Waals surface area contributed by atoms with Gasteiger partial charge in [0.05, 0.1) is 15.5 Å². The van der Waals surface area contributed by atoms with Crippen LogP contribution in [0.5, 0.6) is 0 Å². The zero-order chi connectivity index (χ0) is 16.4. The SMILES string of the molecule is O=C(/C=c1/[nH]c(=O)/c(=C/c2c(Cl)cccc2Cl)s1)c1ccco1. The second kappa shape index (κ2) is 6.58. The molecule has 3 aromatic rings. The predicted octanol–water partition coefficient (Wildman–Crippen LogP) is 2.83. The number of thiazole rings is 1. The number of aromatic amines is 1. The van der Waals surface area contributed by atoms with Crippen LogP contribution in [0.4, 0.5) is 0 Å². The lowest BCUT2D eigenvalue weighted by atomic mass is 10.2. The fourth-order valence-electron chi connectivity index (χ4n) is 1.91. The highest BCUT2D eigenvalue weighted by Crippen LogP contribution is 2.24. The Bertz CT molecular complexity index is 1010. The van der Waals surface area contributed by atoms with E-state index in [4.69, 9.17) is 27.6 Å². The maximum atomic E-state index is 12.0. The van der Waals surface area contributed by atoms with Crippen molar-refractivity contribution in [3.05, 3.63) is 77.5 Å². The van der Waals surface area contributed by atoms with E-state index in [2.05, 4.69) is 4.98 Å². The molecule has 0 spiro atoms. The summed E-state index contributed by atoms with van der Waals surface area (Å²) in [7, 11) is 0. The molecule has 0 amide bonds. The van der Waals surface area contributed by atoms with Gasteiger partial charge >= 0.3 is 0 Å². The third kappa shape index (κ3) is 3.47. The van der Waals surface area contributed by atoms with Crippen LogP contribution >= 0.6 is 34.5 Å². The van der Waals surface area contributed by atoms with Crippen LogP contribution in [-0.2, 0) is 0 Å². The zero-order valence-corrected chi connectivity index (χ0v) is 13.8. The number of rotatable bonds is 3. The summed E-state index contributed by atoms with van der Waals surface area (Å²) in [4.78, 5) is 26.6. The molecular formula is C16H9Cl2NO3S. The molecule has 0 aliphatic rings. The minimum atomic E-state index is -0.324. The van der Waals surface area contributed by atoms with E-state index in [1.165, 1.54) is 12.3 Å². The molecule has 2 aromatic heterocycles. The molecule has 0 aliphatic carbocycles. The normalized spacial score (nSPS) is 12.8. The monoisotopic (exact) mass is 365 g/mol. The lowest BCUT2D eigenvalue weighted by Gasteiger charge is -1.99. The molecule has 0 fully saturated rings. The molecule has 0 saturated heterocycles. The number of hydrogen-bond acceptors (Lipinski definition) is 4. The van der Waals surface area contributed by atoms with Gasteiger partial charge in [-0.2, -0.15) is 0 Å². The minimum Gasteiger partial charge on any atom is -0.461 e. The lowest BCUT2D eigenvalue weighted by Crippen LogP contribution is -2.20. The van der Waals surface area contributed by atoms with Crippen molar-refractivity contribution in [2.45, 2.75) is 0 Å². The summed E-state index contributed by atoms with van der Waals surface area (Å²) in [5, 5.41) is 0.894. The van der Waals surface area contributed by atoms with Crippen LogP contribution in [0.3, 0.4) is 0 Å². The van der Waals surface area contributed by atoms with E-state index < -0.39 is 0 Å². The molecule has 0 radical (unpaired) electrons. The van der Waals surface area contributed by atoms with Crippen molar-refractivity contribution in [2.24, 2.45) is 0 Å². The maximum absolute atomic E-state index is 12.0. The fourth-order valence-corrected chi connectivity index (χ4v) is 3.29. The quantitative estimate of drug-likeness (QED) is 0.725. The maximum Gasteiger partial charge on any atom is 0.266 e. The number of ketones is 1. The number of furan rings is 1. The number of carbonyl (C=O) groups excluding carboxylic acids is 1. The summed E-state index contributed by atoms with van der Waals surface area (Å²) in [6.45, 7) is 0. The summed E-state index contributed by atoms with van der Waals surface area (Å²) in [6, 6.07) is 8.28. The van der Waals surface area contributed by atoms with Crippen LogP contribution in [0, 0.1) is 0 Å². The van der Waals surface area contributed by atoms with Crippen molar-refractivity contribution in [2.75, 3.05) is 0 Å². The first-order valence-electron chi connectivity index (χ1n) is 6.49. The first-order valence-corrected chi connectivity index (χ1v) is 8.06. The third-order valence-electron chi connectivity index (χ3n) is 2.98. The Hall–Kier alpha value is -2.08. The van der Waals surface area contributed by atoms with Crippen molar-refractivity contribution < 1.29 is 9.21 Å². The van der Waals surface area contributed by atoms with Crippen LogP contribution in [0.25, 0.3) is 12.2 Å². The Balaban J connectivity index is 2.07. The molecule has 0 aliphatic heterocycles. The molecule has 3 rings (SSSR count). The van der Waals surface area contributed by atoms with Gasteiger partial charge in [-0.25, -0.2) is 0 Å². The summed E-state index contributed by atoms with van der Waals surface area (Å²) in [5.74, 6) is -0.117. The van der Waals surface area contributed by atoms with Gasteiger partial charge in [-0.1, -0.05) is 29.3 Å². The Morgan fingerprint density at radius 2 is 1.91 bits per heavy atom. The number of nitrogens with one attached hydrogen (secondary N) is 1. The summed E-state index contributed by atoms with van der Waals surface area (Å²) >= 11 is 13.3. The van der Waals surface area contributed by atoms with Crippen molar-refractivity contribution in [3.8, 4) is 0 Å². The molecule has 0 saturated carbocycles. The molecule has 116 valence electrons. The van der Waals surface area contributed by atoms with Gasteiger partial charge in [0.2, 0.25) is 5.78 Å². The summed E-state index contributed by atoms with van der Waals surface area (Å²) < 4.78 is 5.84. The average molecular weight is 366 g/mol. The van der Waals surface area contributed by atoms with Crippen molar-refractivity contribution in [1.29, 1.82) is 0 Å². The van der Waals surface area contributed by atoms with Crippen LogP contribution in [-0.4, -0.2) is 10.8 Å². The first kappa shape index (κ1) is 15.8. The number of aromatic nitrogens is 1. The summed E-state index contributed by atoms with van der Waals surface area (Å²) in [6.07, 6.45) is 4.33. The molecule has 23 heavy (non-hydrogen) atoms. The minimum absolute atomic E-state index is 0.207. The smallest absolute Gasteiger partial charge is 0.266 e. The van der Waals surface area contributed by atoms with Gasteiger partial charge in [0, 0.05) is 21.7 Å². The highest BCUT2D eigenvalue weighted by atomic mass is 35.5. The van der Waals surface area contributed by atoms with Gasteiger partial charge < -0.3 is 9.40 Å². The number of H-pyrrole nitrogens is 1. The summed E-state index contributed by atoms with van der Waals surface area (Å²) in [5.41, 5.74) is 0.247. The van der Waals surface area contributed by atoms with Crippen LogP contribution < -0.4 is 14.8 Å². The van der Waals surface area contributed by atoms with Gasteiger partial charge in [-0.3, -0.25) is 9.59 Å². The molecule has 1 aromatic carbocycles. The number of carbonyl (C=O) groups is 1. The van der Waals surface area contributed by atoms with E-state index in [0.29, 0.717) is 24.8 Å². The van der Waals surface area contributed by atoms with Crippen molar-refractivity contribution in [1.82, 2.24) is 4.98 Å². The van der Waals surface area contributed by atoms with E-state index in [-0.39, 0.29) is 17.1 Å². The van der Waals surface area contributed by atoms with Crippen LogP contribution in [0.2, 0.25) is 10.0 Å². The molecule has 7 heteroatoms. The molecule has 0 unspecified atom stereocenters. The molecule has 0 bridgehead atoms. The van der Waals surface area contributed by atoms with Gasteiger partial charge in [-0.05, 0) is 30.3 Å². The molecule has 1 N–H and O–H groups in total. The van der Waals surface area contributed by atoms with Gasteiger partial charge in [-0.15, -0.1) is 11.3 Å². The van der Waals surface area contributed by atoms with E-state index in [9.17, 15) is 9.59 Å². The Morgan fingerprint density at radius 1 is 1.17 bits per heavy atom. The van der Waals surface area contributed by atoms with E-state index in [1.807, 2.05) is 0 Å². The van der Waals surface area contributed by atoms with Gasteiger partial charge in [0.1, 0.15) is 0 Å². The van der Waals surface area contributed by atoms with Crippen LogP contribution in [0.1, 0.15) is 16.1 Å². The van der Waals surface area contributed by atoms with Crippen LogP contribution in [0.15, 0.2) is 45.8 Å². The molecule has 0 atom stereocenters. The van der Waals surface area contributed by atoms with E-state index in [1.54, 1.807) is 36.4 Å². The standard InChI is InChI=1S/C16H9Cl2NO3S/c17-10-3-1-4-11(18)9(10)7-14-16(21)19-15(23-14)8-12(20)13-5-2-6-22-13/h1-8H,(H,19,21)/b14-7-,15-8-. The largest absolute Gasteiger partial charge is 0.461 e. The second-order valence-corrected chi connectivity index (χ2v) is 6.45. The lowest BCUT2D eigenvalue weighted by molar-refractivity contribution is 0.103. The van der Waals surface area contributed by atoms with E-state index >= 15 is 0 Å². The Labute approximate surface area is 144 Å². The first-order chi connectivity index (χ1) is 11.0. The topological polar surface area (TPSA) is 63.1 Å².